The molecule has 0 aliphatic heterocycles. The summed E-state index contributed by atoms with van der Waals surface area (Å²) in [5.41, 5.74) is 1.08. The van der Waals surface area contributed by atoms with E-state index in [0.717, 1.165) is 26.0 Å². The Morgan fingerprint density at radius 2 is 1.94 bits per heavy atom. The predicted molar refractivity (Wildman–Crippen MR) is 70.9 cm³/mol. The van der Waals surface area contributed by atoms with Gasteiger partial charge in [0.05, 0.1) is 4.47 Å². The highest BCUT2D eigenvalue weighted by Gasteiger charge is 2.04. The largest absolute Gasteiger partial charge is 0.456 e. The van der Waals surface area contributed by atoms with Gasteiger partial charge in [-0.05, 0) is 46.6 Å². The Morgan fingerprint density at radius 3 is 2.62 bits per heavy atom. The van der Waals surface area contributed by atoms with Crippen LogP contribution in [-0.4, -0.2) is 4.98 Å². The quantitative estimate of drug-likeness (QED) is 0.788. The van der Waals surface area contributed by atoms with Gasteiger partial charge in [-0.25, -0.2) is 0 Å². The minimum Gasteiger partial charge on any atom is -0.456 e. The zero-order valence-corrected chi connectivity index (χ0v) is 11.7. The van der Waals surface area contributed by atoms with Crippen molar-refractivity contribution in [2.45, 2.75) is 6.92 Å². The third-order valence-electron chi connectivity index (χ3n) is 2.09. The smallest absolute Gasteiger partial charge is 0.144 e. The zero-order chi connectivity index (χ0) is 11.5. The third-order valence-corrected chi connectivity index (χ3v) is 3.18. The number of nitrogens with zero attached hydrogens (tertiary/aromatic N) is 1. The predicted octanol–water partition coefficient (Wildman–Crippen LogP) is 4.71. The molecule has 0 N–H and O–H groups in total. The summed E-state index contributed by atoms with van der Waals surface area (Å²) in [5, 5.41) is 0. The lowest BCUT2D eigenvalue weighted by Gasteiger charge is -2.09. The van der Waals surface area contributed by atoms with E-state index >= 15 is 0 Å². The van der Waals surface area contributed by atoms with Crippen molar-refractivity contribution >= 4 is 31.9 Å². The standard InChI is InChI=1S/C12H9Br2NO/c1-8-6-9(13)2-3-11(8)16-12-4-5-15-7-10(12)14/h2-7H,1H3. The molecule has 0 fully saturated rings. The second-order valence-electron chi connectivity index (χ2n) is 3.32. The van der Waals surface area contributed by atoms with Crippen LogP contribution in [0, 0.1) is 6.92 Å². The van der Waals surface area contributed by atoms with E-state index in [1.807, 2.05) is 31.2 Å². The van der Waals surface area contributed by atoms with Gasteiger partial charge in [0.1, 0.15) is 11.5 Å². The third kappa shape index (κ3) is 2.62. The molecule has 4 heteroatoms. The van der Waals surface area contributed by atoms with Crippen molar-refractivity contribution in [3.8, 4) is 11.5 Å². The summed E-state index contributed by atoms with van der Waals surface area (Å²) >= 11 is 6.82. The Morgan fingerprint density at radius 1 is 1.12 bits per heavy atom. The molecule has 2 nitrogen and oxygen atoms in total. The minimum atomic E-state index is 0.764. The van der Waals surface area contributed by atoms with Crippen LogP contribution in [0.3, 0.4) is 0 Å². The summed E-state index contributed by atoms with van der Waals surface area (Å²) in [6.45, 7) is 2.01. The maximum Gasteiger partial charge on any atom is 0.144 e. The van der Waals surface area contributed by atoms with Crippen LogP contribution in [-0.2, 0) is 0 Å². The first-order chi connectivity index (χ1) is 7.66. The molecular weight excluding hydrogens is 334 g/mol. The van der Waals surface area contributed by atoms with Crippen LogP contribution < -0.4 is 4.74 Å². The lowest BCUT2D eigenvalue weighted by atomic mass is 10.2. The molecule has 0 bridgehead atoms. The van der Waals surface area contributed by atoms with Gasteiger partial charge in [0, 0.05) is 22.9 Å². The first-order valence-corrected chi connectivity index (χ1v) is 6.29. The van der Waals surface area contributed by atoms with E-state index in [1.54, 1.807) is 12.4 Å². The molecule has 0 aliphatic carbocycles. The van der Waals surface area contributed by atoms with Gasteiger partial charge in [-0.3, -0.25) is 4.98 Å². The Bertz CT molecular complexity index is 514. The lowest BCUT2D eigenvalue weighted by Crippen LogP contribution is -1.88. The summed E-state index contributed by atoms with van der Waals surface area (Å²) in [7, 11) is 0. The summed E-state index contributed by atoms with van der Waals surface area (Å²) in [5.74, 6) is 1.61. The van der Waals surface area contributed by atoms with Crippen LogP contribution in [0.15, 0.2) is 45.6 Å². The van der Waals surface area contributed by atoms with E-state index in [4.69, 9.17) is 4.74 Å². The van der Waals surface area contributed by atoms with Crippen LogP contribution in [0.4, 0.5) is 0 Å². The van der Waals surface area contributed by atoms with E-state index in [2.05, 4.69) is 36.8 Å². The Balaban J connectivity index is 2.31. The van der Waals surface area contributed by atoms with Crippen molar-refractivity contribution in [1.29, 1.82) is 0 Å². The molecule has 0 radical (unpaired) electrons. The van der Waals surface area contributed by atoms with Crippen molar-refractivity contribution in [2.24, 2.45) is 0 Å². The average molecular weight is 343 g/mol. The lowest BCUT2D eigenvalue weighted by molar-refractivity contribution is 0.475. The highest BCUT2D eigenvalue weighted by atomic mass is 79.9. The van der Waals surface area contributed by atoms with Crippen LogP contribution >= 0.6 is 31.9 Å². The molecule has 2 aromatic rings. The number of aryl methyl sites for hydroxylation is 1. The Hall–Kier alpha value is -0.870. The van der Waals surface area contributed by atoms with E-state index < -0.39 is 0 Å². The monoisotopic (exact) mass is 341 g/mol. The molecular formula is C12H9Br2NO. The van der Waals surface area contributed by atoms with Crippen LogP contribution in [0.5, 0.6) is 11.5 Å². The minimum absolute atomic E-state index is 0.764. The van der Waals surface area contributed by atoms with Gasteiger partial charge >= 0.3 is 0 Å². The molecule has 1 heterocycles. The summed E-state index contributed by atoms with van der Waals surface area (Å²) in [6, 6.07) is 7.74. The zero-order valence-electron chi connectivity index (χ0n) is 8.58. The first kappa shape index (κ1) is 11.6. The molecule has 1 aromatic heterocycles. The number of aromatic nitrogens is 1. The molecule has 0 spiro atoms. The first-order valence-electron chi connectivity index (χ1n) is 4.70. The second-order valence-corrected chi connectivity index (χ2v) is 5.09. The summed E-state index contributed by atoms with van der Waals surface area (Å²) < 4.78 is 7.68. The summed E-state index contributed by atoms with van der Waals surface area (Å²) in [4.78, 5) is 3.99. The van der Waals surface area contributed by atoms with E-state index in [0.29, 0.717) is 0 Å². The van der Waals surface area contributed by atoms with Crippen LogP contribution in [0.2, 0.25) is 0 Å². The van der Waals surface area contributed by atoms with Crippen molar-refractivity contribution in [2.75, 3.05) is 0 Å². The maximum atomic E-state index is 5.79. The number of pyridine rings is 1. The molecule has 1 aromatic carbocycles. The van der Waals surface area contributed by atoms with Crippen molar-refractivity contribution in [1.82, 2.24) is 4.98 Å². The van der Waals surface area contributed by atoms with Gasteiger partial charge in [-0.15, -0.1) is 0 Å². The molecule has 0 aliphatic rings. The number of halogens is 2. The van der Waals surface area contributed by atoms with Gasteiger partial charge in [-0.2, -0.15) is 0 Å². The molecule has 0 amide bonds. The SMILES string of the molecule is Cc1cc(Br)ccc1Oc1ccncc1Br. The molecule has 0 saturated carbocycles. The molecule has 0 unspecified atom stereocenters. The van der Waals surface area contributed by atoms with Gasteiger partial charge in [-0.1, -0.05) is 15.9 Å². The van der Waals surface area contributed by atoms with Crippen molar-refractivity contribution in [3.63, 3.8) is 0 Å². The number of benzene rings is 1. The highest BCUT2D eigenvalue weighted by molar-refractivity contribution is 9.10. The molecule has 0 atom stereocenters. The van der Waals surface area contributed by atoms with Crippen LogP contribution in [0.1, 0.15) is 5.56 Å². The average Bonchev–Trinajstić information content (AvgIpc) is 2.25. The van der Waals surface area contributed by atoms with Gasteiger partial charge in [0.2, 0.25) is 0 Å². The number of hydrogen-bond donors (Lipinski definition) is 0. The van der Waals surface area contributed by atoms with Crippen molar-refractivity contribution in [3.05, 3.63) is 51.2 Å². The van der Waals surface area contributed by atoms with Crippen LogP contribution in [0.25, 0.3) is 0 Å². The summed E-state index contributed by atoms with van der Waals surface area (Å²) in [6.07, 6.45) is 3.41. The van der Waals surface area contributed by atoms with E-state index in [1.165, 1.54) is 0 Å². The van der Waals surface area contributed by atoms with Gasteiger partial charge < -0.3 is 4.74 Å². The topological polar surface area (TPSA) is 22.1 Å². The fourth-order valence-electron chi connectivity index (χ4n) is 1.29. The number of rotatable bonds is 2. The number of ether oxygens (including phenoxy) is 1. The fourth-order valence-corrected chi connectivity index (χ4v) is 2.10. The maximum absolute atomic E-state index is 5.79. The fraction of sp³-hybridized carbons (Fsp3) is 0.0833. The van der Waals surface area contributed by atoms with Gasteiger partial charge in [0.25, 0.3) is 0 Å². The Kier molecular flexibility index (Phi) is 3.61. The second kappa shape index (κ2) is 4.97. The highest BCUT2D eigenvalue weighted by Crippen LogP contribution is 2.31. The molecule has 16 heavy (non-hydrogen) atoms. The van der Waals surface area contributed by atoms with Gasteiger partial charge in [0.15, 0.2) is 0 Å². The van der Waals surface area contributed by atoms with E-state index in [-0.39, 0.29) is 0 Å². The molecule has 82 valence electrons. The number of hydrogen-bond acceptors (Lipinski definition) is 2. The molecule has 2 rings (SSSR count). The van der Waals surface area contributed by atoms with E-state index in [9.17, 15) is 0 Å². The van der Waals surface area contributed by atoms with Crippen molar-refractivity contribution < 1.29 is 4.74 Å². The molecule has 0 saturated heterocycles. The normalized spacial score (nSPS) is 10.2. The Labute approximate surface area is 111 Å².